The number of likely N-dealkylation sites (N-methyl/N-ethyl adjacent to an activating group) is 1. The van der Waals surface area contributed by atoms with E-state index >= 15 is 0 Å². The number of hydrogen-bond acceptors (Lipinski definition) is 6. The van der Waals surface area contributed by atoms with Crippen LogP contribution in [0.25, 0.3) is 0 Å². The van der Waals surface area contributed by atoms with Crippen LogP contribution in [0, 0.1) is 0 Å². The highest BCUT2D eigenvalue weighted by Crippen LogP contribution is 2.20. The number of carbonyl (C=O) groups excluding carboxylic acids is 1. The van der Waals surface area contributed by atoms with Crippen LogP contribution in [0.5, 0.6) is 0 Å². The van der Waals surface area contributed by atoms with Crippen LogP contribution >= 0.6 is 11.3 Å². The number of thiazole rings is 1. The number of anilines is 1. The minimum absolute atomic E-state index is 0.0249. The highest BCUT2D eigenvalue weighted by Gasteiger charge is 2.20. The quantitative estimate of drug-likeness (QED) is 0.813. The van der Waals surface area contributed by atoms with Gasteiger partial charge in [0, 0.05) is 12.1 Å². The van der Waals surface area contributed by atoms with E-state index in [-0.39, 0.29) is 11.5 Å². The average Bonchev–Trinajstić information content (AvgIpc) is 2.74. The first-order valence-corrected chi connectivity index (χ1v) is 6.14. The minimum Gasteiger partial charge on any atom is -0.465 e. The maximum Gasteiger partial charge on any atom is 0.349 e. The predicted octanol–water partition coefficient (Wildman–Crippen LogP) is 1.68. The van der Waals surface area contributed by atoms with Crippen LogP contribution in [-0.2, 0) is 4.74 Å². The van der Waals surface area contributed by atoms with Crippen LogP contribution in [0.15, 0.2) is 6.20 Å². The summed E-state index contributed by atoms with van der Waals surface area (Å²) in [6, 6.07) is 0. The Bertz CT molecular complexity index is 388. The van der Waals surface area contributed by atoms with Gasteiger partial charge in [-0.25, -0.2) is 9.78 Å². The molecule has 0 saturated heterocycles. The Balaban J connectivity index is 2.59. The number of carbonyl (C=O) groups is 1. The lowest BCUT2D eigenvalue weighted by atomic mass is 10.1. The van der Waals surface area contributed by atoms with Crippen LogP contribution < -0.4 is 5.32 Å². The SMILES string of the molecule is COC(=O)c1cnc(NCC(C)(C)N(C)C)s1. The van der Waals surface area contributed by atoms with Gasteiger partial charge in [-0.2, -0.15) is 0 Å². The molecule has 1 N–H and O–H groups in total. The molecule has 1 heterocycles. The van der Waals surface area contributed by atoms with Crippen molar-refractivity contribution in [3.8, 4) is 0 Å². The predicted molar refractivity (Wildman–Crippen MR) is 69.7 cm³/mol. The summed E-state index contributed by atoms with van der Waals surface area (Å²) in [6.07, 6.45) is 1.53. The van der Waals surface area contributed by atoms with Gasteiger partial charge in [0.15, 0.2) is 5.13 Å². The van der Waals surface area contributed by atoms with Crippen molar-refractivity contribution < 1.29 is 9.53 Å². The maximum atomic E-state index is 11.2. The lowest BCUT2D eigenvalue weighted by Gasteiger charge is -2.32. The van der Waals surface area contributed by atoms with Gasteiger partial charge in [0.1, 0.15) is 4.88 Å². The van der Waals surface area contributed by atoms with Gasteiger partial charge < -0.3 is 15.0 Å². The number of nitrogens with zero attached hydrogens (tertiary/aromatic N) is 2. The smallest absolute Gasteiger partial charge is 0.349 e. The molecule has 6 heteroatoms. The van der Waals surface area contributed by atoms with Gasteiger partial charge in [0.25, 0.3) is 0 Å². The Morgan fingerprint density at radius 3 is 2.76 bits per heavy atom. The first-order chi connectivity index (χ1) is 7.86. The average molecular weight is 257 g/mol. The topological polar surface area (TPSA) is 54.5 Å². The molecule has 96 valence electrons. The summed E-state index contributed by atoms with van der Waals surface area (Å²) in [5.74, 6) is -0.345. The van der Waals surface area contributed by atoms with Crippen molar-refractivity contribution >= 4 is 22.4 Å². The number of nitrogens with one attached hydrogen (secondary N) is 1. The van der Waals surface area contributed by atoms with Gasteiger partial charge >= 0.3 is 5.97 Å². The molecule has 0 saturated carbocycles. The summed E-state index contributed by atoms with van der Waals surface area (Å²) < 4.78 is 4.63. The van der Waals surface area contributed by atoms with Gasteiger partial charge in [-0.15, -0.1) is 0 Å². The highest BCUT2D eigenvalue weighted by atomic mass is 32.1. The Labute approximate surface area is 106 Å². The van der Waals surface area contributed by atoms with Gasteiger partial charge in [-0.1, -0.05) is 11.3 Å². The molecular formula is C11H19N3O2S. The van der Waals surface area contributed by atoms with E-state index in [1.807, 2.05) is 14.1 Å². The zero-order valence-electron chi connectivity index (χ0n) is 10.9. The van der Waals surface area contributed by atoms with Crippen LogP contribution in [0.1, 0.15) is 23.5 Å². The molecule has 0 amide bonds. The van der Waals surface area contributed by atoms with E-state index in [9.17, 15) is 4.79 Å². The molecule has 0 aliphatic heterocycles. The molecular weight excluding hydrogens is 238 g/mol. The van der Waals surface area contributed by atoms with Gasteiger partial charge in [0.05, 0.1) is 13.3 Å². The van der Waals surface area contributed by atoms with Crippen molar-refractivity contribution in [2.75, 3.05) is 33.1 Å². The Morgan fingerprint density at radius 1 is 1.59 bits per heavy atom. The summed E-state index contributed by atoms with van der Waals surface area (Å²) in [5, 5.41) is 3.96. The minimum atomic E-state index is -0.345. The molecule has 0 aliphatic rings. The number of aromatic nitrogens is 1. The van der Waals surface area contributed by atoms with Crippen LogP contribution in [0.2, 0.25) is 0 Å². The standard InChI is InChI=1S/C11H19N3O2S/c1-11(2,14(3)4)7-13-10-12-6-8(17-10)9(15)16-5/h6H,7H2,1-5H3,(H,12,13). The largest absolute Gasteiger partial charge is 0.465 e. The third kappa shape index (κ3) is 3.67. The lowest BCUT2D eigenvalue weighted by molar-refractivity contribution is 0.0606. The zero-order chi connectivity index (χ0) is 13.1. The van der Waals surface area contributed by atoms with Crippen LogP contribution in [0.4, 0.5) is 5.13 Å². The number of ether oxygens (including phenoxy) is 1. The molecule has 0 fully saturated rings. The molecule has 17 heavy (non-hydrogen) atoms. The zero-order valence-corrected chi connectivity index (χ0v) is 11.7. The first-order valence-electron chi connectivity index (χ1n) is 5.32. The summed E-state index contributed by atoms with van der Waals surface area (Å²) in [5.41, 5.74) is 0.0249. The fourth-order valence-electron chi connectivity index (χ4n) is 1.00. The fraction of sp³-hybridized carbons (Fsp3) is 0.636. The molecule has 1 aromatic rings. The molecule has 1 aromatic heterocycles. The van der Waals surface area contributed by atoms with Crippen molar-refractivity contribution in [3.05, 3.63) is 11.1 Å². The second kappa shape index (κ2) is 5.46. The number of methoxy groups -OCH3 is 1. The van der Waals surface area contributed by atoms with Gasteiger partial charge in [-0.3, -0.25) is 0 Å². The van der Waals surface area contributed by atoms with Crippen molar-refractivity contribution in [2.24, 2.45) is 0 Å². The third-order valence-electron chi connectivity index (χ3n) is 2.78. The summed E-state index contributed by atoms with van der Waals surface area (Å²) >= 11 is 1.30. The van der Waals surface area contributed by atoms with Crippen molar-refractivity contribution in [3.63, 3.8) is 0 Å². The second-order valence-corrected chi connectivity index (χ2v) is 5.61. The Kier molecular flexibility index (Phi) is 4.47. The van der Waals surface area contributed by atoms with E-state index in [4.69, 9.17) is 0 Å². The van der Waals surface area contributed by atoms with E-state index in [2.05, 4.69) is 33.8 Å². The number of rotatable bonds is 5. The molecule has 0 aromatic carbocycles. The van der Waals surface area contributed by atoms with E-state index < -0.39 is 0 Å². The fourth-order valence-corrected chi connectivity index (χ4v) is 1.73. The molecule has 0 atom stereocenters. The Morgan fingerprint density at radius 2 is 2.24 bits per heavy atom. The van der Waals surface area contributed by atoms with E-state index in [0.717, 1.165) is 11.7 Å². The number of esters is 1. The van der Waals surface area contributed by atoms with Crippen molar-refractivity contribution in [2.45, 2.75) is 19.4 Å². The summed E-state index contributed by atoms with van der Waals surface area (Å²) in [6.45, 7) is 5.03. The molecule has 1 rings (SSSR count). The Hall–Kier alpha value is -1.14. The van der Waals surface area contributed by atoms with E-state index in [0.29, 0.717) is 4.88 Å². The first kappa shape index (κ1) is 13.9. The molecule has 0 aliphatic carbocycles. The van der Waals surface area contributed by atoms with Crippen molar-refractivity contribution in [1.82, 2.24) is 9.88 Å². The molecule has 0 radical (unpaired) electrons. The van der Waals surface area contributed by atoms with E-state index in [1.165, 1.54) is 24.6 Å². The summed E-state index contributed by atoms with van der Waals surface area (Å²) in [7, 11) is 5.43. The monoisotopic (exact) mass is 257 g/mol. The molecule has 0 bridgehead atoms. The molecule has 5 nitrogen and oxygen atoms in total. The van der Waals surface area contributed by atoms with Crippen LogP contribution in [-0.4, -0.2) is 49.1 Å². The highest BCUT2D eigenvalue weighted by molar-refractivity contribution is 7.17. The third-order valence-corrected chi connectivity index (χ3v) is 3.71. The van der Waals surface area contributed by atoms with Crippen molar-refractivity contribution in [1.29, 1.82) is 0 Å². The van der Waals surface area contributed by atoms with Gasteiger partial charge in [-0.05, 0) is 27.9 Å². The van der Waals surface area contributed by atoms with Gasteiger partial charge in [0.2, 0.25) is 0 Å². The van der Waals surface area contributed by atoms with E-state index in [1.54, 1.807) is 0 Å². The molecule has 0 spiro atoms. The molecule has 0 unspecified atom stereocenters. The maximum absolute atomic E-state index is 11.2. The lowest BCUT2D eigenvalue weighted by Crippen LogP contribution is -2.44. The second-order valence-electron chi connectivity index (χ2n) is 4.58. The summed E-state index contributed by atoms with van der Waals surface area (Å²) in [4.78, 5) is 18.0. The normalized spacial score (nSPS) is 11.6. The number of hydrogen-bond donors (Lipinski definition) is 1. The van der Waals surface area contributed by atoms with Crippen LogP contribution in [0.3, 0.4) is 0 Å².